The molecule has 0 radical (unpaired) electrons. The van der Waals surface area contributed by atoms with Crippen molar-refractivity contribution in [1.29, 1.82) is 0 Å². The first-order chi connectivity index (χ1) is 8.32. The van der Waals surface area contributed by atoms with Gasteiger partial charge >= 0.3 is 5.97 Å². The largest absolute Gasteiger partial charge is 0.481 e. The van der Waals surface area contributed by atoms with E-state index in [4.69, 9.17) is 10.8 Å². The van der Waals surface area contributed by atoms with Gasteiger partial charge in [0.2, 0.25) is 5.91 Å². The van der Waals surface area contributed by atoms with Crippen LogP contribution in [0.3, 0.4) is 0 Å². The summed E-state index contributed by atoms with van der Waals surface area (Å²) >= 11 is 0. The van der Waals surface area contributed by atoms with E-state index in [0.717, 1.165) is 25.7 Å². The molecule has 0 saturated heterocycles. The van der Waals surface area contributed by atoms with Crippen molar-refractivity contribution in [2.24, 2.45) is 11.7 Å². The van der Waals surface area contributed by atoms with E-state index in [1.165, 1.54) is 6.92 Å². The average Bonchev–Trinajstić information content (AvgIpc) is 2.25. The molecule has 1 amide bonds. The molecule has 1 aliphatic rings. The average molecular weight is 258 g/mol. The van der Waals surface area contributed by atoms with Gasteiger partial charge in [0.15, 0.2) is 0 Å². The summed E-state index contributed by atoms with van der Waals surface area (Å²) in [6.45, 7) is 1.32. The molecule has 6 nitrogen and oxygen atoms in total. The minimum atomic E-state index is -1.43. The molecule has 0 aromatic heterocycles. The third-order valence-electron chi connectivity index (χ3n) is 3.33. The summed E-state index contributed by atoms with van der Waals surface area (Å²) in [6.07, 6.45) is 3.22. The molecule has 0 aliphatic heterocycles. The quantitative estimate of drug-likeness (QED) is 0.547. The van der Waals surface area contributed by atoms with Crippen molar-refractivity contribution in [3.05, 3.63) is 0 Å². The van der Waals surface area contributed by atoms with Crippen LogP contribution in [0.2, 0.25) is 0 Å². The zero-order chi connectivity index (χ0) is 13.8. The maximum Gasteiger partial charge on any atom is 0.306 e. The Balaban J connectivity index is 2.42. The van der Waals surface area contributed by atoms with Crippen LogP contribution >= 0.6 is 0 Å². The highest BCUT2D eigenvalue weighted by atomic mass is 16.4. The van der Waals surface area contributed by atoms with E-state index in [2.05, 4.69) is 5.32 Å². The number of hydrogen-bond donors (Lipinski definition) is 4. The van der Waals surface area contributed by atoms with Gasteiger partial charge in [0.1, 0.15) is 0 Å². The molecule has 0 spiro atoms. The number of carbonyl (C=O) groups is 2. The molecule has 3 unspecified atom stereocenters. The van der Waals surface area contributed by atoms with E-state index in [1.807, 2.05) is 0 Å². The monoisotopic (exact) mass is 258 g/mol. The summed E-state index contributed by atoms with van der Waals surface area (Å²) < 4.78 is 0. The Morgan fingerprint density at radius 1 is 1.39 bits per heavy atom. The van der Waals surface area contributed by atoms with Crippen molar-refractivity contribution >= 4 is 11.9 Å². The summed E-state index contributed by atoms with van der Waals surface area (Å²) in [5, 5.41) is 21.0. The van der Waals surface area contributed by atoms with E-state index >= 15 is 0 Å². The van der Waals surface area contributed by atoms with E-state index in [1.54, 1.807) is 0 Å². The van der Waals surface area contributed by atoms with Gasteiger partial charge in [-0.05, 0) is 19.8 Å². The Morgan fingerprint density at radius 3 is 2.56 bits per heavy atom. The fourth-order valence-corrected chi connectivity index (χ4v) is 2.28. The van der Waals surface area contributed by atoms with Crippen LogP contribution in [0.15, 0.2) is 0 Å². The van der Waals surface area contributed by atoms with Crippen LogP contribution in [0.25, 0.3) is 0 Å². The van der Waals surface area contributed by atoms with Crippen LogP contribution in [0.5, 0.6) is 0 Å². The van der Waals surface area contributed by atoms with Crippen LogP contribution < -0.4 is 11.1 Å². The normalized spacial score (nSPS) is 27.3. The van der Waals surface area contributed by atoms with Gasteiger partial charge in [-0.25, -0.2) is 0 Å². The standard InChI is InChI=1S/C12H22N2O4/c1-12(18,6-10(15)16)7-14-11(17)8-4-2-3-5-9(8)13/h8-9,18H,2-7,13H2,1H3,(H,14,17)(H,15,16). The number of aliphatic hydroxyl groups is 1. The minimum absolute atomic E-state index is 0.0681. The molecule has 1 aliphatic carbocycles. The molecule has 104 valence electrons. The van der Waals surface area contributed by atoms with Gasteiger partial charge in [-0.2, -0.15) is 0 Å². The van der Waals surface area contributed by atoms with Gasteiger partial charge in [-0.15, -0.1) is 0 Å². The van der Waals surface area contributed by atoms with E-state index in [0.29, 0.717) is 0 Å². The van der Waals surface area contributed by atoms with Crippen LogP contribution in [0.4, 0.5) is 0 Å². The Hall–Kier alpha value is -1.14. The number of aliphatic carboxylic acids is 1. The van der Waals surface area contributed by atoms with Gasteiger partial charge in [0, 0.05) is 12.6 Å². The smallest absolute Gasteiger partial charge is 0.306 e. The minimum Gasteiger partial charge on any atom is -0.481 e. The zero-order valence-corrected chi connectivity index (χ0v) is 10.7. The van der Waals surface area contributed by atoms with Crippen molar-refractivity contribution in [3.63, 3.8) is 0 Å². The number of nitrogens with one attached hydrogen (secondary N) is 1. The molecule has 6 heteroatoms. The first kappa shape index (κ1) is 14.9. The Bertz CT molecular complexity index is 317. The molecule has 0 aromatic rings. The maximum absolute atomic E-state index is 11.9. The van der Waals surface area contributed by atoms with Crippen LogP contribution in [0, 0.1) is 5.92 Å². The molecule has 0 heterocycles. The van der Waals surface area contributed by atoms with Crippen LogP contribution in [-0.2, 0) is 9.59 Å². The van der Waals surface area contributed by atoms with Crippen molar-refractivity contribution in [2.45, 2.75) is 50.7 Å². The molecule has 0 aromatic carbocycles. The predicted octanol–water partition coefficient (Wildman–Crippen LogP) is -0.154. The van der Waals surface area contributed by atoms with Gasteiger partial charge in [-0.3, -0.25) is 9.59 Å². The molecule has 1 rings (SSSR count). The summed E-state index contributed by atoms with van der Waals surface area (Å²) in [5.74, 6) is -1.50. The molecule has 0 bridgehead atoms. The molecule has 1 saturated carbocycles. The highest BCUT2D eigenvalue weighted by molar-refractivity contribution is 5.79. The van der Waals surface area contributed by atoms with Crippen LogP contribution in [0.1, 0.15) is 39.0 Å². The third-order valence-corrected chi connectivity index (χ3v) is 3.33. The van der Waals surface area contributed by atoms with Crippen molar-refractivity contribution < 1.29 is 19.8 Å². The van der Waals surface area contributed by atoms with Crippen molar-refractivity contribution in [2.75, 3.05) is 6.54 Å². The molecular weight excluding hydrogens is 236 g/mol. The van der Waals surface area contributed by atoms with E-state index in [-0.39, 0.29) is 24.4 Å². The van der Waals surface area contributed by atoms with Crippen molar-refractivity contribution in [3.8, 4) is 0 Å². The number of carboxylic acid groups (broad SMARTS) is 1. The summed E-state index contributed by atoms with van der Waals surface area (Å²) in [4.78, 5) is 22.4. The van der Waals surface area contributed by atoms with E-state index < -0.39 is 18.0 Å². The third kappa shape index (κ3) is 4.62. The number of nitrogens with two attached hydrogens (primary N) is 1. The summed E-state index contributed by atoms with van der Waals surface area (Å²) in [5.41, 5.74) is 4.45. The molecule has 18 heavy (non-hydrogen) atoms. The topological polar surface area (TPSA) is 113 Å². The SMILES string of the molecule is CC(O)(CNC(=O)C1CCCCC1N)CC(=O)O. The lowest BCUT2D eigenvalue weighted by Gasteiger charge is -2.29. The van der Waals surface area contributed by atoms with Crippen molar-refractivity contribution in [1.82, 2.24) is 5.32 Å². The van der Waals surface area contributed by atoms with Crippen LogP contribution in [-0.4, -0.2) is 40.3 Å². The second-order valence-electron chi connectivity index (χ2n) is 5.34. The number of amides is 1. The number of carboxylic acids is 1. The molecule has 1 fully saturated rings. The summed E-state index contributed by atoms with van der Waals surface area (Å²) in [7, 11) is 0. The highest BCUT2D eigenvalue weighted by Gasteiger charge is 2.30. The Morgan fingerprint density at radius 2 is 2.00 bits per heavy atom. The predicted molar refractivity (Wildman–Crippen MR) is 65.8 cm³/mol. The second-order valence-corrected chi connectivity index (χ2v) is 5.34. The first-order valence-corrected chi connectivity index (χ1v) is 6.29. The lowest BCUT2D eigenvalue weighted by atomic mass is 9.84. The lowest BCUT2D eigenvalue weighted by Crippen LogP contribution is -2.48. The fraction of sp³-hybridized carbons (Fsp3) is 0.833. The molecule has 3 atom stereocenters. The van der Waals surface area contributed by atoms with Gasteiger partial charge < -0.3 is 21.3 Å². The molecular formula is C12H22N2O4. The first-order valence-electron chi connectivity index (χ1n) is 6.29. The number of carbonyl (C=O) groups excluding carboxylic acids is 1. The lowest BCUT2D eigenvalue weighted by molar-refractivity contribution is -0.142. The Kier molecular flexibility index (Phi) is 5.10. The zero-order valence-electron chi connectivity index (χ0n) is 10.7. The maximum atomic E-state index is 11.9. The second kappa shape index (κ2) is 6.15. The molecule has 5 N–H and O–H groups in total. The fourth-order valence-electron chi connectivity index (χ4n) is 2.28. The van der Waals surface area contributed by atoms with E-state index in [9.17, 15) is 14.7 Å². The van der Waals surface area contributed by atoms with Gasteiger partial charge in [0.05, 0.1) is 17.9 Å². The summed E-state index contributed by atoms with van der Waals surface area (Å²) in [6, 6.07) is -0.136. The van der Waals surface area contributed by atoms with Gasteiger partial charge in [0.25, 0.3) is 0 Å². The van der Waals surface area contributed by atoms with Gasteiger partial charge in [-0.1, -0.05) is 12.8 Å². The number of hydrogen-bond acceptors (Lipinski definition) is 4. The highest BCUT2D eigenvalue weighted by Crippen LogP contribution is 2.23. The number of rotatable bonds is 5. The Labute approximate surface area is 107 Å².